The quantitative estimate of drug-likeness (QED) is 0.337. The molecular formula is C17H15Cl4N3O2S. The Labute approximate surface area is 182 Å². The third kappa shape index (κ3) is 6.90. The predicted molar refractivity (Wildman–Crippen MR) is 115 cm³/mol. The molecule has 0 aromatic heterocycles. The summed E-state index contributed by atoms with van der Waals surface area (Å²) in [4.78, 5) is 12.4. The number of hydrogen-bond acceptors (Lipinski definition) is 3. The van der Waals surface area contributed by atoms with Gasteiger partial charge in [0.25, 0.3) is 5.91 Å². The summed E-state index contributed by atoms with van der Waals surface area (Å²) in [5, 5.41) is 8.95. The molecule has 144 valence electrons. The van der Waals surface area contributed by atoms with Crippen molar-refractivity contribution < 1.29 is 9.53 Å². The Morgan fingerprint density at radius 2 is 1.78 bits per heavy atom. The van der Waals surface area contributed by atoms with Gasteiger partial charge in [0.2, 0.25) is 3.79 Å². The van der Waals surface area contributed by atoms with E-state index in [-0.39, 0.29) is 5.11 Å². The number of anilines is 1. The SMILES string of the molecule is COc1ccc(C(=O)N[C@H](NC(=S)Nc2cccc(Cl)c2)C(Cl)(Cl)Cl)cc1. The van der Waals surface area contributed by atoms with Gasteiger partial charge in [0.05, 0.1) is 7.11 Å². The average molecular weight is 467 g/mol. The number of methoxy groups -OCH3 is 1. The number of benzene rings is 2. The van der Waals surface area contributed by atoms with Crippen LogP contribution in [0.1, 0.15) is 10.4 Å². The monoisotopic (exact) mass is 465 g/mol. The molecule has 0 fully saturated rings. The van der Waals surface area contributed by atoms with Gasteiger partial charge in [-0.3, -0.25) is 4.79 Å². The summed E-state index contributed by atoms with van der Waals surface area (Å²) in [6.45, 7) is 0. The van der Waals surface area contributed by atoms with Gasteiger partial charge in [-0.2, -0.15) is 0 Å². The van der Waals surface area contributed by atoms with Crippen LogP contribution in [0, 0.1) is 0 Å². The smallest absolute Gasteiger partial charge is 0.252 e. The molecule has 0 saturated heterocycles. The van der Waals surface area contributed by atoms with Crippen LogP contribution in [0.15, 0.2) is 48.5 Å². The molecule has 27 heavy (non-hydrogen) atoms. The van der Waals surface area contributed by atoms with Gasteiger partial charge in [0.15, 0.2) is 5.11 Å². The van der Waals surface area contributed by atoms with Crippen LogP contribution in [-0.2, 0) is 0 Å². The normalized spacial score (nSPS) is 12.0. The Morgan fingerprint density at radius 3 is 2.33 bits per heavy atom. The van der Waals surface area contributed by atoms with Crippen LogP contribution in [0.2, 0.25) is 5.02 Å². The summed E-state index contributed by atoms with van der Waals surface area (Å²) < 4.78 is 3.20. The fraction of sp³-hybridized carbons (Fsp3) is 0.176. The molecule has 0 saturated carbocycles. The van der Waals surface area contributed by atoms with Crippen molar-refractivity contribution in [3.63, 3.8) is 0 Å². The molecule has 1 amide bonds. The number of ether oxygens (including phenoxy) is 1. The Morgan fingerprint density at radius 1 is 1.11 bits per heavy atom. The lowest BCUT2D eigenvalue weighted by Crippen LogP contribution is -2.56. The van der Waals surface area contributed by atoms with Crippen molar-refractivity contribution in [2.45, 2.75) is 9.96 Å². The zero-order valence-electron chi connectivity index (χ0n) is 13.9. The first-order valence-electron chi connectivity index (χ1n) is 7.54. The number of rotatable bonds is 5. The Bertz CT molecular complexity index is 813. The lowest BCUT2D eigenvalue weighted by Gasteiger charge is -2.27. The van der Waals surface area contributed by atoms with E-state index < -0.39 is 15.9 Å². The molecule has 10 heteroatoms. The minimum absolute atomic E-state index is 0.142. The van der Waals surface area contributed by atoms with Crippen LogP contribution in [0.25, 0.3) is 0 Å². The zero-order valence-corrected chi connectivity index (χ0v) is 17.8. The molecule has 0 spiro atoms. The maximum atomic E-state index is 12.4. The Hall–Kier alpha value is -1.44. The van der Waals surface area contributed by atoms with Crippen LogP contribution < -0.4 is 20.7 Å². The van der Waals surface area contributed by atoms with Gasteiger partial charge in [-0.25, -0.2) is 0 Å². The van der Waals surface area contributed by atoms with E-state index in [1.807, 2.05) is 0 Å². The number of alkyl halides is 3. The first-order valence-corrected chi connectivity index (χ1v) is 9.46. The van der Waals surface area contributed by atoms with Gasteiger partial charge >= 0.3 is 0 Å². The minimum Gasteiger partial charge on any atom is -0.497 e. The van der Waals surface area contributed by atoms with Crippen molar-refractivity contribution in [3.8, 4) is 5.75 Å². The third-order valence-corrected chi connectivity index (χ3v) is 4.42. The van der Waals surface area contributed by atoms with E-state index in [0.29, 0.717) is 22.0 Å². The molecule has 5 nitrogen and oxygen atoms in total. The standard InChI is InChI=1S/C17H15Cl4N3O2S/c1-26-13-7-5-10(6-8-13)14(25)23-15(17(19,20)21)24-16(27)22-12-4-2-3-11(18)9-12/h2-9,15H,1H3,(H,23,25)(H2,22,24,27)/t15-/m1/s1. The fourth-order valence-corrected chi connectivity index (χ4v) is 2.77. The van der Waals surface area contributed by atoms with Crippen molar-refractivity contribution in [2.75, 3.05) is 12.4 Å². The molecule has 0 aliphatic rings. The molecule has 2 rings (SSSR count). The molecule has 0 heterocycles. The molecule has 0 unspecified atom stereocenters. The number of carbonyl (C=O) groups excluding carboxylic acids is 1. The topological polar surface area (TPSA) is 62.4 Å². The maximum absolute atomic E-state index is 12.4. The van der Waals surface area contributed by atoms with E-state index in [0.717, 1.165) is 0 Å². The first kappa shape index (κ1) is 21.9. The van der Waals surface area contributed by atoms with Crippen molar-refractivity contribution >= 4 is 75.3 Å². The number of halogens is 4. The highest BCUT2D eigenvalue weighted by Crippen LogP contribution is 2.29. The molecule has 0 radical (unpaired) electrons. The molecule has 2 aromatic carbocycles. The van der Waals surface area contributed by atoms with Gasteiger partial charge in [-0.1, -0.05) is 52.5 Å². The fourth-order valence-electron chi connectivity index (χ4n) is 2.02. The van der Waals surface area contributed by atoms with E-state index in [1.165, 1.54) is 7.11 Å². The number of thiocarbonyl (C=S) groups is 1. The van der Waals surface area contributed by atoms with E-state index >= 15 is 0 Å². The molecule has 0 aliphatic heterocycles. The van der Waals surface area contributed by atoms with Crippen LogP contribution in [0.3, 0.4) is 0 Å². The first-order chi connectivity index (χ1) is 12.7. The number of amides is 1. The van der Waals surface area contributed by atoms with E-state index in [1.54, 1.807) is 48.5 Å². The number of nitrogens with one attached hydrogen (secondary N) is 3. The Balaban J connectivity index is 2.06. The highest BCUT2D eigenvalue weighted by Gasteiger charge is 2.34. The lowest BCUT2D eigenvalue weighted by molar-refractivity contribution is 0.0934. The van der Waals surface area contributed by atoms with Crippen molar-refractivity contribution in [2.24, 2.45) is 0 Å². The van der Waals surface area contributed by atoms with Gasteiger partial charge in [-0.05, 0) is 54.7 Å². The highest BCUT2D eigenvalue weighted by molar-refractivity contribution is 7.80. The third-order valence-electron chi connectivity index (χ3n) is 3.31. The van der Waals surface area contributed by atoms with E-state index in [2.05, 4.69) is 16.0 Å². The van der Waals surface area contributed by atoms with Crippen molar-refractivity contribution in [1.29, 1.82) is 0 Å². The summed E-state index contributed by atoms with van der Waals surface area (Å²) in [7, 11) is 1.53. The zero-order chi connectivity index (χ0) is 20.0. The van der Waals surface area contributed by atoms with E-state index in [4.69, 9.17) is 63.4 Å². The second-order valence-corrected chi connectivity index (χ2v) is 8.50. The minimum atomic E-state index is -1.86. The van der Waals surface area contributed by atoms with Gasteiger partial charge < -0.3 is 20.7 Å². The molecule has 1 atom stereocenters. The number of carbonyl (C=O) groups is 1. The number of hydrogen-bond donors (Lipinski definition) is 3. The summed E-state index contributed by atoms with van der Waals surface area (Å²) in [6.07, 6.45) is -1.09. The van der Waals surface area contributed by atoms with Crippen molar-refractivity contribution in [3.05, 3.63) is 59.1 Å². The summed E-state index contributed by atoms with van der Waals surface area (Å²) >= 11 is 29.1. The van der Waals surface area contributed by atoms with Crippen molar-refractivity contribution in [1.82, 2.24) is 10.6 Å². The van der Waals surface area contributed by atoms with E-state index in [9.17, 15) is 4.79 Å². The maximum Gasteiger partial charge on any atom is 0.252 e. The Kier molecular flexibility index (Phi) is 7.82. The van der Waals surface area contributed by atoms with Gasteiger partial charge in [0.1, 0.15) is 11.9 Å². The van der Waals surface area contributed by atoms with Crippen LogP contribution >= 0.6 is 58.6 Å². The van der Waals surface area contributed by atoms with Crippen LogP contribution in [0.5, 0.6) is 5.75 Å². The van der Waals surface area contributed by atoms with Crippen LogP contribution in [0.4, 0.5) is 5.69 Å². The summed E-state index contributed by atoms with van der Waals surface area (Å²) in [6, 6.07) is 13.4. The molecule has 0 aliphatic carbocycles. The second kappa shape index (κ2) is 9.66. The predicted octanol–water partition coefficient (Wildman–Crippen LogP) is 4.76. The lowest BCUT2D eigenvalue weighted by atomic mass is 10.2. The average Bonchev–Trinajstić information content (AvgIpc) is 2.60. The highest BCUT2D eigenvalue weighted by atomic mass is 35.6. The summed E-state index contributed by atoms with van der Waals surface area (Å²) in [5.74, 6) is 0.168. The molecular weight excluding hydrogens is 452 g/mol. The molecule has 3 N–H and O–H groups in total. The summed E-state index contributed by atoms with van der Waals surface area (Å²) in [5.41, 5.74) is 1.01. The van der Waals surface area contributed by atoms with Crippen LogP contribution in [-0.4, -0.2) is 28.1 Å². The van der Waals surface area contributed by atoms with Gasteiger partial charge in [-0.15, -0.1) is 0 Å². The van der Waals surface area contributed by atoms with Gasteiger partial charge in [0, 0.05) is 16.3 Å². The largest absolute Gasteiger partial charge is 0.497 e. The molecule has 0 bridgehead atoms. The molecule has 2 aromatic rings. The second-order valence-electron chi connectivity index (χ2n) is 5.29.